The second-order valence-corrected chi connectivity index (χ2v) is 8.65. The number of benzene rings is 2. The molecule has 1 N–H and O–H groups in total. The summed E-state index contributed by atoms with van der Waals surface area (Å²) in [6.45, 7) is 0.863. The summed E-state index contributed by atoms with van der Waals surface area (Å²) in [4.78, 5) is 14.2. The zero-order chi connectivity index (χ0) is 19.4. The molecule has 1 saturated heterocycles. The number of carbonyl (C=O) groups is 1. The number of nitrogens with zero attached hydrogens (tertiary/aromatic N) is 1. The zero-order valence-electron chi connectivity index (χ0n) is 14.6. The molecule has 1 fully saturated rings. The van der Waals surface area contributed by atoms with Crippen LogP contribution in [-0.4, -0.2) is 38.4 Å². The van der Waals surface area contributed by atoms with E-state index in [2.05, 4.69) is 4.72 Å². The Balaban J connectivity index is 1.55. The molecule has 0 aromatic heterocycles. The number of nitrogens with one attached hydrogen (secondary N) is 1. The van der Waals surface area contributed by atoms with Gasteiger partial charge in [-0.2, -0.15) is 0 Å². The first-order chi connectivity index (χ1) is 12.8. The van der Waals surface area contributed by atoms with E-state index in [4.69, 9.17) is 11.6 Å². The molecular formula is C19H20ClFN2O3S. The Labute approximate surface area is 163 Å². The lowest BCUT2D eigenvalue weighted by Gasteiger charge is -2.32. The van der Waals surface area contributed by atoms with Crippen LogP contribution in [0.25, 0.3) is 0 Å². The molecule has 1 heterocycles. The molecule has 1 amide bonds. The quantitative estimate of drug-likeness (QED) is 0.824. The van der Waals surface area contributed by atoms with E-state index in [0.29, 0.717) is 36.5 Å². The largest absolute Gasteiger partial charge is 0.342 e. The summed E-state index contributed by atoms with van der Waals surface area (Å²) in [5.74, 6) is -0.546. The summed E-state index contributed by atoms with van der Waals surface area (Å²) in [7, 11) is -3.63. The molecular weight excluding hydrogens is 391 g/mol. The highest BCUT2D eigenvalue weighted by Gasteiger charge is 2.27. The van der Waals surface area contributed by atoms with E-state index in [0.717, 1.165) is 0 Å². The van der Waals surface area contributed by atoms with Crippen LogP contribution in [-0.2, 0) is 21.2 Å². The topological polar surface area (TPSA) is 66.5 Å². The van der Waals surface area contributed by atoms with Crippen molar-refractivity contribution in [1.29, 1.82) is 0 Å². The molecule has 1 aliphatic rings. The highest BCUT2D eigenvalue weighted by molar-refractivity contribution is 7.89. The number of hydrogen-bond acceptors (Lipinski definition) is 3. The molecule has 144 valence electrons. The molecule has 0 unspecified atom stereocenters. The molecule has 0 aliphatic carbocycles. The van der Waals surface area contributed by atoms with Gasteiger partial charge in [0.15, 0.2) is 0 Å². The maximum absolute atomic E-state index is 13.7. The SMILES string of the molecule is O=C(Cc1ccccc1F)N1CCC(NS(=O)(=O)c2ccc(Cl)cc2)CC1. The van der Waals surface area contributed by atoms with Crippen molar-refractivity contribution in [2.24, 2.45) is 0 Å². The van der Waals surface area contributed by atoms with Crippen LogP contribution in [0.15, 0.2) is 53.4 Å². The Morgan fingerprint density at radius 3 is 2.37 bits per heavy atom. The van der Waals surface area contributed by atoms with E-state index in [-0.39, 0.29) is 23.3 Å². The third kappa shape index (κ3) is 5.06. The molecule has 0 bridgehead atoms. The van der Waals surface area contributed by atoms with Gasteiger partial charge in [0, 0.05) is 24.2 Å². The molecule has 3 rings (SSSR count). The molecule has 1 aliphatic heterocycles. The maximum atomic E-state index is 13.7. The molecule has 0 atom stereocenters. The van der Waals surface area contributed by atoms with Crippen LogP contribution in [0.3, 0.4) is 0 Å². The van der Waals surface area contributed by atoms with Crippen molar-refractivity contribution in [3.8, 4) is 0 Å². The van der Waals surface area contributed by atoms with E-state index in [1.54, 1.807) is 23.1 Å². The normalized spacial score (nSPS) is 15.7. The molecule has 2 aromatic rings. The van der Waals surface area contributed by atoms with Gasteiger partial charge in [-0.15, -0.1) is 0 Å². The van der Waals surface area contributed by atoms with Crippen LogP contribution in [0, 0.1) is 5.82 Å². The first kappa shape index (κ1) is 19.8. The minimum atomic E-state index is -3.63. The number of halogens is 2. The number of hydrogen-bond donors (Lipinski definition) is 1. The Kier molecular flexibility index (Phi) is 6.14. The van der Waals surface area contributed by atoms with Crippen LogP contribution in [0.4, 0.5) is 4.39 Å². The lowest BCUT2D eigenvalue weighted by molar-refractivity contribution is -0.131. The standard InChI is InChI=1S/C19H20ClFN2O3S/c20-15-5-7-17(8-6-15)27(25,26)22-16-9-11-23(12-10-16)19(24)13-14-3-1-2-4-18(14)21/h1-8,16,22H,9-13H2. The highest BCUT2D eigenvalue weighted by Crippen LogP contribution is 2.18. The molecule has 8 heteroatoms. The van der Waals surface area contributed by atoms with Crippen molar-refractivity contribution in [3.05, 3.63) is 64.9 Å². The minimum Gasteiger partial charge on any atom is -0.342 e. The Hall–Kier alpha value is -1.96. The number of carbonyl (C=O) groups excluding carboxylic acids is 1. The summed E-state index contributed by atoms with van der Waals surface area (Å²) in [5.41, 5.74) is 0.369. The number of piperidine rings is 1. The minimum absolute atomic E-state index is 0.00778. The fourth-order valence-corrected chi connectivity index (χ4v) is 4.50. The number of rotatable bonds is 5. The lowest BCUT2D eigenvalue weighted by atomic mass is 10.0. The van der Waals surface area contributed by atoms with Crippen molar-refractivity contribution in [1.82, 2.24) is 9.62 Å². The first-order valence-electron chi connectivity index (χ1n) is 8.64. The zero-order valence-corrected chi connectivity index (χ0v) is 16.1. The predicted octanol–water partition coefficient (Wildman–Crippen LogP) is 2.99. The molecule has 0 spiro atoms. The first-order valence-corrected chi connectivity index (χ1v) is 10.5. The average molecular weight is 411 g/mol. The van der Waals surface area contributed by atoms with E-state index in [9.17, 15) is 17.6 Å². The van der Waals surface area contributed by atoms with E-state index >= 15 is 0 Å². The van der Waals surface area contributed by atoms with Crippen molar-refractivity contribution in [2.45, 2.75) is 30.2 Å². The van der Waals surface area contributed by atoms with E-state index in [1.165, 1.54) is 30.3 Å². The second kappa shape index (κ2) is 8.37. The molecule has 0 radical (unpaired) electrons. The van der Waals surface area contributed by atoms with Gasteiger partial charge in [0.2, 0.25) is 15.9 Å². The fourth-order valence-electron chi connectivity index (χ4n) is 3.06. The van der Waals surface area contributed by atoms with Crippen molar-refractivity contribution < 1.29 is 17.6 Å². The van der Waals surface area contributed by atoms with Crippen LogP contribution in [0.5, 0.6) is 0 Å². The second-order valence-electron chi connectivity index (χ2n) is 6.50. The van der Waals surface area contributed by atoms with Gasteiger partial charge in [-0.25, -0.2) is 17.5 Å². The van der Waals surface area contributed by atoms with Gasteiger partial charge in [-0.05, 0) is 48.7 Å². The van der Waals surface area contributed by atoms with Gasteiger partial charge in [0.25, 0.3) is 0 Å². The number of sulfonamides is 1. The average Bonchev–Trinajstić information content (AvgIpc) is 2.64. The van der Waals surface area contributed by atoms with E-state index in [1.807, 2.05) is 0 Å². The fraction of sp³-hybridized carbons (Fsp3) is 0.316. The van der Waals surface area contributed by atoms with Crippen LogP contribution >= 0.6 is 11.6 Å². The Morgan fingerprint density at radius 2 is 1.74 bits per heavy atom. The summed E-state index contributed by atoms with van der Waals surface area (Å²) < 4.78 is 41.2. The van der Waals surface area contributed by atoms with Crippen molar-refractivity contribution in [2.75, 3.05) is 13.1 Å². The number of amides is 1. The maximum Gasteiger partial charge on any atom is 0.240 e. The number of likely N-dealkylation sites (tertiary alicyclic amines) is 1. The van der Waals surface area contributed by atoms with Crippen LogP contribution in [0.2, 0.25) is 5.02 Å². The van der Waals surface area contributed by atoms with Gasteiger partial charge >= 0.3 is 0 Å². The predicted molar refractivity (Wildman–Crippen MR) is 101 cm³/mol. The highest BCUT2D eigenvalue weighted by atomic mass is 35.5. The Morgan fingerprint density at radius 1 is 1.11 bits per heavy atom. The summed E-state index contributed by atoms with van der Waals surface area (Å²) in [5, 5.41) is 0.468. The van der Waals surface area contributed by atoms with E-state index < -0.39 is 15.8 Å². The van der Waals surface area contributed by atoms with Gasteiger partial charge in [-0.1, -0.05) is 29.8 Å². The monoisotopic (exact) mass is 410 g/mol. The lowest BCUT2D eigenvalue weighted by Crippen LogP contribution is -2.46. The van der Waals surface area contributed by atoms with Crippen molar-refractivity contribution in [3.63, 3.8) is 0 Å². The summed E-state index contributed by atoms with van der Waals surface area (Å²) in [6, 6.07) is 11.9. The van der Waals surface area contributed by atoms with Gasteiger partial charge < -0.3 is 4.90 Å². The van der Waals surface area contributed by atoms with Crippen molar-refractivity contribution >= 4 is 27.5 Å². The van der Waals surface area contributed by atoms with Gasteiger partial charge in [-0.3, -0.25) is 4.79 Å². The Bertz CT molecular complexity index is 911. The molecule has 0 saturated carbocycles. The van der Waals surface area contributed by atoms with Crippen LogP contribution in [0.1, 0.15) is 18.4 Å². The van der Waals surface area contributed by atoms with Gasteiger partial charge in [0.1, 0.15) is 5.82 Å². The smallest absolute Gasteiger partial charge is 0.240 e. The summed E-state index contributed by atoms with van der Waals surface area (Å²) in [6.07, 6.45) is 1.03. The van der Waals surface area contributed by atoms with Crippen LogP contribution < -0.4 is 4.72 Å². The third-order valence-corrected chi connectivity index (χ3v) is 6.38. The van der Waals surface area contributed by atoms with Gasteiger partial charge in [0.05, 0.1) is 11.3 Å². The molecule has 27 heavy (non-hydrogen) atoms. The molecule has 2 aromatic carbocycles. The molecule has 5 nitrogen and oxygen atoms in total. The third-order valence-electron chi connectivity index (χ3n) is 4.59. The summed E-state index contributed by atoms with van der Waals surface area (Å²) >= 11 is 5.79.